The number of fused-ring (bicyclic) bond motifs is 1. The number of pyridine rings is 1. The highest BCUT2D eigenvalue weighted by atomic mass is 16.5. The Morgan fingerprint density at radius 2 is 1.80 bits per heavy atom. The lowest BCUT2D eigenvalue weighted by atomic mass is 10.0. The van der Waals surface area contributed by atoms with Crippen molar-refractivity contribution in [2.24, 2.45) is 0 Å². The molecular formula is C21H21NO3. The molecule has 0 aliphatic rings. The normalized spacial score (nSPS) is 10.9. The third-order valence-electron chi connectivity index (χ3n) is 4.08. The second-order valence-electron chi connectivity index (χ2n) is 6.19. The Labute approximate surface area is 147 Å². The lowest BCUT2D eigenvalue weighted by Gasteiger charge is -2.12. The molecule has 0 saturated carbocycles. The fourth-order valence-electron chi connectivity index (χ4n) is 2.61. The molecule has 0 radical (unpaired) electrons. The van der Waals surface area contributed by atoms with Crippen LogP contribution >= 0.6 is 0 Å². The van der Waals surface area contributed by atoms with Crippen LogP contribution in [0.15, 0.2) is 54.6 Å². The molecule has 1 heterocycles. The van der Waals surface area contributed by atoms with E-state index >= 15 is 0 Å². The predicted molar refractivity (Wildman–Crippen MR) is 97.9 cm³/mol. The molecule has 0 unspecified atom stereocenters. The number of para-hydroxylation sites is 1. The summed E-state index contributed by atoms with van der Waals surface area (Å²) in [4.78, 5) is 17.3. The number of nitrogens with zero attached hydrogens (tertiary/aromatic N) is 1. The summed E-state index contributed by atoms with van der Waals surface area (Å²) < 4.78 is 10.7. The molecule has 0 bridgehead atoms. The van der Waals surface area contributed by atoms with Crippen LogP contribution in [0.5, 0.6) is 5.75 Å². The number of hydrogen-bond donors (Lipinski definition) is 0. The van der Waals surface area contributed by atoms with E-state index in [9.17, 15) is 4.79 Å². The maximum absolute atomic E-state index is 12.7. The zero-order valence-electron chi connectivity index (χ0n) is 14.7. The van der Waals surface area contributed by atoms with Crippen LogP contribution in [0.25, 0.3) is 10.9 Å². The molecule has 0 amide bonds. The van der Waals surface area contributed by atoms with E-state index in [0.29, 0.717) is 5.56 Å². The first kappa shape index (κ1) is 17.0. The molecule has 3 rings (SSSR count). The van der Waals surface area contributed by atoms with Crippen LogP contribution in [-0.4, -0.2) is 18.1 Å². The third kappa shape index (κ3) is 3.79. The summed E-state index contributed by atoms with van der Waals surface area (Å²) in [5.41, 5.74) is 3.17. The molecule has 0 aliphatic carbocycles. The van der Waals surface area contributed by atoms with Crippen LogP contribution < -0.4 is 4.74 Å². The van der Waals surface area contributed by atoms with Gasteiger partial charge in [0.05, 0.1) is 18.2 Å². The van der Waals surface area contributed by atoms with Gasteiger partial charge in [-0.1, -0.05) is 44.2 Å². The first-order chi connectivity index (χ1) is 12.1. The molecule has 0 atom stereocenters. The average Bonchev–Trinajstić information content (AvgIpc) is 2.65. The Bertz CT molecular complexity index is 885. The van der Waals surface area contributed by atoms with E-state index in [2.05, 4.69) is 18.8 Å². The second kappa shape index (κ2) is 7.34. The Hall–Kier alpha value is -2.88. The van der Waals surface area contributed by atoms with E-state index in [1.54, 1.807) is 7.11 Å². The molecule has 0 aliphatic heterocycles. The Morgan fingerprint density at radius 1 is 1.08 bits per heavy atom. The molecule has 128 valence electrons. The van der Waals surface area contributed by atoms with Crippen LogP contribution in [0.4, 0.5) is 0 Å². The van der Waals surface area contributed by atoms with E-state index in [4.69, 9.17) is 9.47 Å². The zero-order chi connectivity index (χ0) is 17.8. The number of rotatable bonds is 5. The summed E-state index contributed by atoms with van der Waals surface area (Å²) in [7, 11) is 1.62. The molecule has 0 N–H and O–H groups in total. The molecule has 1 aromatic heterocycles. The Kier molecular flexibility index (Phi) is 4.98. The summed E-state index contributed by atoms with van der Waals surface area (Å²) >= 11 is 0. The minimum atomic E-state index is -0.337. The molecule has 4 heteroatoms. The highest BCUT2D eigenvalue weighted by molar-refractivity contribution is 6.03. The summed E-state index contributed by atoms with van der Waals surface area (Å²) in [5, 5.41) is 0.812. The van der Waals surface area contributed by atoms with Crippen LogP contribution in [0.1, 0.15) is 41.4 Å². The first-order valence-corrected chi connectivity index (χ1v) is 8.28. The summed E-state index contributed by atoms with van der Waals surface area (Å²) in [6.07, 6.45) is 0. The van der Waals surface area contributed by atoms with E-state index < -0.39 is 0 Å². The van der Waals surface area contributed by atoms with Crippen molar-refractivity contribution in [1.82, 2.24) is 4.98 Å². The van der Waals surface area contributed by atoms with Crippen LogP contribution in [-0.2, 0) is 11.3 Å². The number of ether oxygens (including phenoxy) is 2. The maximum Gasteiger partial charge on any atom is 0.339 e. The summed E-state index contributed by atoms with van der Waals surface area (Å²) in [6.45, 7) is 4.34. The fourth-order valence-corrected chi connectivity index (χ4v) is 2.61. The first-order valence-electron chi connectivity index (χ1n) is 8.28. The number of methoxy groups -OCH3 is 1. The van der Waals surface area contributed by atoms with Crippen molar-refractivity contribution >= 4 is 16.9 Å². The van der Waals surface area contributed by atoms with Crippen molar-refractivity contribution < 1.29 is 14.3 Å². The van der Waals surface area contributed by atoms with E-state index in [1.807, 2.05) is 54.6 Å². The maximum atomic E-state index is 12.7. The van der Waals surface area contributed by atoms with E-state index in [0.717, 1.165) is 27.9 Å². The molecule has 4 nitrogen and oxygen atoms in total. The van der Waals surface area contributed by atoms with Crippen molar-refractivity contribution in [3.8, 4) is 5.75 Å². The number of aromatic nitrogens is 1. The molecule has 2 aromatic carbocycles. The summed E-state index contributed by atoms with van der Waals surface area (Å²) in [5.74, 6) is 0.672. The fraction of sp³-hybridized carbons (Fsp3) is 0.238. The zero-order valence-corrected chi connectivity index (χ0v) is 14.7. The van der Waals surface area contributed by atoms with Gasteiger partial charge in [0.15, 0.2) is 0 Å². The Balaban J connectivity index is 1.85. The van der Waals surface area contributed by atoms with Crippen molar-refractivity contribution in [2.45, 2.75) is 26.4 Å². The number of hydrogen-bond acceptors (Lipinski definition) is 4. The van der Waals surface area contributed by atoms with Gasteiger partial charge < -0.3 is 9.47 Å². The van der Waals surface area contributed by atoms with Crippen molar-refractivity contribution in [1.29, 1.82) is 0 Å². The number of esters is 1. The topological polar surface area (TPSA) is 48.4 Å². The number of carbonyl (C=O) groups excluding carboxylic acids is 1. The molecule has 0 saturated heterocycles. The Morgan fingerprint density at radius 3 is 2.48 bits per heavy atom. The quantitative estimate of drug-likeness (QED) is 0.633. The highest BCUT2D eigenvalue weighted by Crippen LogP contribution is 2.23. The number of carbonyl (C=O) groups is 1. The van der Waals surface area contributed by atoms with Gasteiger partial charge in [0, 0.05) is 11.1 Å². The van der Waals surface area contributed by atoms with Crippen molar-refractivity contribution in [2.75, 3.05) is 7.11 Å². The standard InChI is InChI=1S/C21H21NO3/c1-14(2)20-12-18(17-6-4-5-7-19(17)22-20)21(23)25-13-15-8-10-16(24-3)11-9-15/h4-12,14H,13H2,1-3H3. The van der Waals surface area contributed by atoms with Gasteiger partial charge in [-0.15, -0.1) is 0 Å². The predicted octanol–water partition coefficient (Wildman–Crippen LogP) is 4.72. The molecule has 25 heavy (non-hydrogen) atoms. The smallest absolute Gasteiger partial charge is 0.339 e. The lowest BCUT2D eigenvalue weighted by Crippen LogP contribution is -2.08. The molecule has 0 spiro atoms. The van der Waals surface area contributed by atoms with Crippen molar-refractivity contribution in [3.63, 3.8) is 0 Å². The van der Waals surface area contributed by atoms with Crippen LogP contribution in [0.2, 0.25) is 0 Å². The second-order valence-corrected chi connectivity index (χ2v) is 6.19. The molecule has 0 fully saturated rings. The summed E-state index contributed by atoms with van der Waals surface area (Å²) in [6, 6.07) is 16.9. The van der Waals surface area contributed by atoms with Crippen LogP contribution in [0, 0.1) is 0 Å². The SMILES string of the molecule is COc1ccc(COC(=O)c2cc(C(C)C)nc3ccccc23)cc1. The molecular weight excluding hydrogens is 314 g/mol. The van der Waals surface area contributed by atoms with Gasteiger partial charge in [-0.2, -0.15) is 0 Å². The van der Waals surface area contributed by atoms with Gasteiger partial charge in [0.2, 0.25) is 0 Å². The molecule has 3 aromatic rings. The number of benzene rings is 2. The van der Waals surface area contributed by atoms with Crippen molar-refractivity contribution in [3.05, 3.63) is 71.4 Å². The van der Waals surface area contributed by atoms with Gasteiger partial charge in [-0.25, -0.2) is 4.79 Å². The minimum absolute atomic E-state index is 0.219. The van der Waals surface area contributed by atoms with Gasteiger partial charge >= 0.3 is 5.97 Å². The van der Waals surface area contributed by atoms with Gasteiger partial charge in [-0.3, -0.25) is 4.98 Å². The largest absolute Gasteiger partial charge is 0.497 e. The highest BCUT2D eigenvalue weighted by Gasteiger charge is 2.15. The average molecular weight is 335 g/mol. The lowest BCUT2D eigenvalue weighted by molar-refractivity contribution is 0.0475. The van der Waals surface area contributed by atoms with E-state index in [1.165, 1.54) is 0 Å². The van der Waals surface area contributed by atoms with Gasteiger partial charge in [0.1, 0.15) is 12.4 Å². The van der Waals surface area contributed by atoms with Crippen LogP contribution in [0.3, 0.4) is 0 Å². The third-order valence-corrected chi connectivity index (χ3v) is 4.08. The monoisotopic (exact) mass is 335 g/mol. The minimum Gasteiger partial charge on any atom is -0.497 e. The van der Waals surface area contributed by atoms with Gasteiger partial charge in [0.25, 0.3) is 0 Å². The van der Waals surface area contributed by atoms with Gasteiger partial charge in [-0.05, 0) is 35.7 Å². The van der Waals surface area contributed by atoms with E-state index in [-0.39, 0.29) is 18.5 Å².